The lowest BCUT2D eigenvalue weighted by Crippen LogP contribution is -2.50. The molecule has 2 atom stereocenters. The summed E-state index contributed by atoms with van der Waals surface area (Å²) >= 11 is 0. The number of carbonyl (C=O) groups excluding carboxylic acids is 1. The highest BCUT2D eigenvalue weighted by Crippen LogP contribution is 2.20. The Morgan fingerprint density at radius 3 is 2.36 bits per heavy atom. The predicted molar refractivity (Wildman–Crippen MR) is 96.4 cm³/mol. The van der Waals surface area contributed by atoms with Crippen molar-refractivity contribution < 1.29 is 17.6 Å². The number of carbonyl (C=O) groups is 1. The third kappa shape index (κ3) is 5.37. The maximum Gasteiger partial charge on any atom is 0.244 e. The molecule has 1 aliphatic rings. The van der Waals surface area contributed by atoms with Crippen molar-refractivity contribution in [1.82, 2.24) is 9.62 Å². The molecule has 1 heterocycles. The highest BCUT2D eigenvalue weighted by molar-refractivity contribution is 7.89. The molecule has 0 spiro atoms. The Morgan fingerprint density at radius 1 is 1.28 bits per heavy atom. The van der Waals surface area contributed by atoms with Gasteiger partial charge in [-0.15, -0.1) is 12.4 Å². The zero-order valence-electron chi connectivity index (χ0n) is 14.3. The van der Waals surface area contributed by atoms with Crippen molar-refractivity contribution in [1.29, 1.82) is 0 Å². The molecule has 1 aliphatic heterocycles. The van der Waals surface area contributed by atoms with Gasteiger partial charge in [0, 0.05) is 19.1 Å². The van der Waals surface area contributed by atoms with Gasteiger partial charge in [0.05, 0.1) is 6.04 Å². The van der Waals surface area contributed by atoms with E-state index < -0.39 is 26.8 Å². The van der Waals surface area contributed by atoms with Crippen LogP contribution in [0, 0.1) is 11.7 Å². The number of nitrogens with one attached hydrogen (secondary N) is 1. The number of hydrogen-bond acceptors (Lipinski definition) is 4. The largest absolute Gasteiger partial charge is 0.341 e. The first-order valence-corrected chi connectivity index (χ1v) is 9.52. The van der Waals surface area contributed by atoms with E-state index >= 15 is 0 Å². The van der Waals surface area contributed by atoms with Gasteiger partial charge in [-0.2, -0.15) is 4.72 Å². The molecule has 6 nitrogen and oxygen atoms in total. The molecule has 9 heteroatoms. The molecule has 2 unspecified atom stereocenters. The van der Waals surface area contributed by atoms with Crippen molar-refractivity contribution in [3.05, 3.63) is 30.1 Å². The van der Waals surface area contributed by atoms with E-state index in [-0.39, 0.29) is 24.4 Å². The Labute approximate surface area is 154 Å². The fraction of sp³-hybridized carbons (Fsp3) is 0.562. The van der Waals surface area contributed by atoms with Gasteiger partial charge in [-0.05, 0) is 44.7 Å². The first-order chi connectivity index (χ1) is 11.2. The third-order valence-electron chi connectivity index (χ3n) is 4.42. The van der Waals surface area contributed by atoms with Crippen molar-refractivity contribution in [2.75, 3.05) is 13.1 Å². The van der Waals surface area contributed by atoms with E-state index in [1.54, 1.807) is 4.90 Å². The molecule has 2 rings (SSSR count). The second-order valence-corrected chi connectivity index (χ2v) is 7.98. The zero-order chi connectivity index (χ0) is 17.9. The Morgan fingerprint density at radius 2 is 1.84 bits per heavy atom. The van der Waals surface area contributed by atoms with Crippen LogP contribution in [-0.4, -0.2) is 44.4 Å². The van der Waals surface area contributed by atoms with E-state index in [4.69, 9.17) is 5.73 Å². The van der Waals surface area contributed by atoms with E-state index in [1.165, 1.54) is 25.1 Å². The van der Waals surface area contributed by atoms with Crippen molar-refractivity contribution in [3.8, 4) is 0 Å². The number of likely N-dealkylation sites (tertiary alicyclic amines) is 1. The molecule has 3 N–H and O–H groups in total. The summed E-state index contributed by atoms with van der Waals surface area (Å²) in [5.74, 6) is -0.778. The average Bonchev–Trinajstić information content (AvgIpc) is 2.54. The summed E-state index contributed by atoms with van der Waals surface area (Å²) in [6.07, 6.45) is 1.60. The minimum atomic E-state index is -4.09. The number of hydrogen-bond donors (Lipinski definition) is 2. The van der Waals surface area contributed by atoms with Crippen molar-refractivity contribution in [3.63, 3.8) is 0 Å². The van der Waals surface area contributed by atoms with Crippen LogP contribution in [0.15, 0.2) is 29.2 Å². The minimum Gasteiger partial charge on any atom is -0.341 e. The van der Waals surface area contributed by atoms with E-state index in [0.29, 0.717) is 19.0 Å². The van der Waals surface area contributed by atoms with Crippen LogP contribution in [0.4, 0.5) is 4.39 Å². The summed E-state index contributed by atoms with van der Waals surface area (Å²) in [6, 6.07) is 4.21. The van der Waals surface area contributed by atoms with Crippen molar-refractivity contribution in [2.24, 2.45) is 11.7 Å². The van der Waals surface area contributed by atoms with Gasteiger partial charge in [0.1, 0.15) is 10.7 Å². The van der Waals surface area contributed by atoms with E-state index in [2.05, 4.69) is 4.72 Å². The number of sulfonamides is 1. The van der Waals surface area contributed by atoms with Gasteiger partial charge in [0.2, 0.25) is 15.9 Å². The van der Waals surface area contributed by atoms with Crippen molar-refractivity contribution in [2.45, 2.75) is 43.7 Å². The molecule has 1 aromatic rings. The van der Waals surface area contributed by atoms with E-state index in [9.17, 15) is 17.6 Å². The zero-order valence-corrected chi connectivity index (χ0v) is 15.9. The van der Waals surface area contributed by atoms with Crippen LogP contribution in [0.25, 0.3) is 0 Å². The molecular weight excluding hydrogens is 369 g/mol. The highest BCUT2D eigenvalue weighted by Gasteiger charge is 2.30. The lowest BCUT2D eigenvalue weighted by molar-refractivity contribution is -0.134. The Kier molecular flexibility index (Phi) is 7.80. The normalized spacial score (nSPS) is 18.3. The van der Waals surface area contributed by atoms with Crippen LogP contribution in [0.5, 0.6) is 0 Å². The van der Waals surface area contributed by atoms with Crippen LogP contribution in [0.1, 0.15) is 26.7 Å². The fourth-order valence-electron chi connectivity index (χ4n) is 2.93. The third-order valence-corrected chi connectivity index (χ3v) is 6.00. The number of nitrogens with two attached hydrogens (primary N) is 1. The molecule has 0 radical (unpaired) electrons. The fourth-order valence-corrected chi connectivity index (χ4v) is 4.20. The number of halogens is 2. The molecule has 0 aliphatic carbocycles. The molecule has 0 aromatic heterocycles. The van der Waals surface area contributed by atoms with Crippen LogP contribution >= 0.6 is 12.4 Å². The second-order valence-electron chi connectivity index (χ2n) is 6.30. The van der Waals surface area contributed by atoms with Crippen molar-refractivity contribution >= 4 is 28.3 Å². The number of benzene rings is 1. The van der Waals surface area contributed by atoms with Crippen LogP contribution in [0.2, 0.25) is 0 Å². The summed E-state index contributed by atoms with van der Waals surface area (Å²) < 4.78 is 40.5. The maximum atomic E-state index is 13.7. The number of rotatable bonds is 5. The van der Waals surface area contributed by atoms with Crippen LogP contribution in [0.3, 0.4) is 0 Å². The molecule has 1 aromatic carbocycles. The standard InChI is InChI=1S/C16H24FN3O3S.ClH/c1-11(18)13-7-9-20(10-8-13)16(21)12(2)19-24(22,23)15-6-4-3-5-14(15)17;/h3-6,11-13,19H,7-10,18H2,1-2H3;1H. The number of nitrogens with zero attached hydrogens (tertiary/aromatic N) is 1. The predicted octanol–water partition coefficient (Wildman–Crippen LogP) is 1.50. The SMILES string of the molecule is CC(NS(=O)(=O)c1ccccc1F)C(=O)N1CCC(C(C)N)CC1.Cl. The first kappa shape index (κ1) is 21.8. The smallest absolute Gasteiger partial charge is 0.244 e. The van der Waals surface area contributed by atoms with Gasteiger partial charge in [-0.3, -0.25) is 4.79 Å². The van der Waals surface area contributed by atoms with Gasteiger partial charge in [-0.25, -0.2) is 12.8 Å². The number of amides is 1. The summed E-state index contributed by atoms with van der Waals surface area (Å²) in [6.45, 7) is 4.53. The van der Waals surface area contributed by atoms with Gasteiger partial charge < -0.3 is 10.6 Å². The monoisotopic (exact) mass is 393 g/mol. The quantitative estimate of drug-likeness (QED) is 0.792. The van der Waals surface area contributed by atoms with Crippen LogP contribution < -0.4 is 10.5 Å². The average molecular weight is 394 g/mol. The minimum absolute atomic E-state index is 0. The molecule has 1 amide bonds. The van der Waals surface area contributed by atoms with Gasteiger partial charge in [-0.1, -0.05) is 12.1 Å². The first-order valence-electron chi connectivity index (χ1n) is 8.03. The molecule has 1 saturated heterocycles. The topological polar surface area (TPSA) is 92.5 Å². The molecule has 25 heavy (non-hydrogen) atoms. The molecule has 1 fully saturated rings. The number of piperidine rings is 1. The molecule has 0 bridgehead atoms. The lowest BCUT2D eigenvalue weighted by atomic mass is 9.91. The summed E-state index contributed by atoms with van der Waals surface area (Å²) in [5.41, 5.74) is 5.88. The summed E-state index contributed by atoms with van der Waals surface area (Å²) in [5, 5.41) is 0. The van der Waals surface area contributed by atoms with E-state index in [1.807, 2.05) is 6.92 Å². The van der Waals surface area contributed by atoms with Gasteiger partial charge >= 0.3 is 0 Å². The molecule has 142 valence electrons. The Balaban J connectivity index is 0.00000312. The van der Waals surface area contributed by atoms with Gasteiger partial charge in [0.25, 0.3) is 0 Å². The Hall–Kier alpha value is -1.22. The summed E-state index contributed by atoms with van der Waals surface area (Å²) in [4.78, 5) is 13.6. The Bertz CT molecular complexity index is 692. The maximum absolute atomic E-state index is 13.7. The lowest BCUT2D eigenvalue weighted by Gasteiger charge is -2.35. The summed E-state index contributed by atoms with van der Waals surface area (Å²) in [7, 11) is -4.09. The van der Waals surface area contributed by atoms with Crippen LogP contribution in [-0.2, 0) is 14.8 Å². The molecule has 0 saturated carbocycles. The van der Waals surface area contributed by atoms with E-state index in [0.717, 1.165) is 18.9 Å². The highest BCUT2D eigenvalue weighted by atomic mass is 35.5. The van der Waals surface area contributed by atoms with Gasteiger partial charge in [0.15, 0.2) is 0 Å². The molecular formula is C16H25ClFN3O3S. The second kappa shape index (κ2) is 8.93.